The lowest BCUT2D eigenvalue weighted by atomic mass is 10.1. The van der Waals surface area contributed by atoms with Gasteiger partial charge in [0.1, 0.15) is 0 Å². The number of benzene rings is 1. The number of thiophene rings is 1. The normalized spacial score (nSPS) is 13.7. The summed E-state index contributed by atoms with van der Waals surface area (Å²) < 4.78 is 3.27. The fourth-order valence-electron chi connectivity index (χ4n) is 3.06. The Morgan fingerprint density at radius 2 is 2.07 bits per heavy atom. The minimum atomic E-state index is -0.133. The molecule has 4 rings (SSSR count). The third kappa shape index (κ3) is 3.60. The van der Waals surface area contributed by atoms with Gasteiger partial charge in [0.15, 0.2) is 5.82 Å². The summed E-state index contributed by atoms with van der Waals surface area (Å²) in [5.74, 6) is 0.601. The van der Waals surface area contributed by atoms with Gasteiger partial charge in [-0.25, -0.2) is 9.48 Å². The third-order valence-corrected chi connectivity index (χ3v) is 5.77. The molecular weight excluding hydrogens is 360 g/mol. The van der Waals surface area contributed by atoms with Crippen molar-refractivity contribution in [3.63, 3.8) is 0 Å². The molecule has 0 bridgehead atoms. The third-order valence-electron chi connectivity index (χ3n) is 4.90. The number of rotatable bonds is 6. The monoisotopic (exact) mass is 382 g/mol. The summed E-state index contributed by atoms with van der Waals surface area (Å²) in [5.41, 5.74) is 2.78. The number of hydrogen-bond acceptors (Lipinski definition) is 4. The van der Waals surface area contributed by atoms with Crippen molar-refractivity contribution in [2.24, 2.45) is 0 Å². The highest BCUT2D eigenvalue weighted by Crippen LogP contribution is 2.37. The van der Waals surface area contributed by atoms with Crippen LogP contribution in [0.4, 0.5) is 0 Å². The second-order valence-corrected chi connectivity index (χ2v) is 7.91. The number of amides is 1. The molecular formula is C20H22N4O2S. The molecule has 2 aromatic heterocycles. The molecule has 0 aliphatic heterocycles. The molecule has 1 N–H and O–H groups in total. The second kappa shape index (κ2) is 7.15. The van der Waals surface area contributed by atoms with E-state index in [4.69, 9.17) is 0 Å². The molecule has 1 aliphatic carbocycles. The van der Waals surface area contributed by atoms with Crippen LogP contribution < -0.4 is 11.0 Å². The molecule has 0 atom stereocenters. The Morgan fingerprint density at radius 3 is 2.74 bits per heavy atom. The van der Waals surface area contributed by atoms with E-state index in [1.54, 1.807) is 15.9 Å². The van der Waals surface area contributed by atoms with E-state index in [9.17, 15) is 9.59 Å². The SMILES string of the molecule is Cc1ccc(C(=O)NCCn2nc(-c3cccs3)n(C3CC3)c2=O)cc1C. The van der Waals surface area contributed by atoms with Crippen LogP contribution in [0.25, 0.3) is 10.7 Å². The number of hydrogen-bond donors (Lipinski definition) is 1. The molecule has 0 spiro atoms. The summed E-state index contributed by atoms with van der Waals surface area (Å²) in [6, 6.07) is 9.85. The second-order valence-electron chi connectivity index (χ2n) is 6.96. The van der Waals surface area contributed by atoms with E-state index < -0.39 is 0 Å². The van der Waals surface area contributed by atoms with Gasteiger partial charge in [-0.3, -0.25) is 9.36 Å². The molecule has 0 radical (unpaired) electrons. The van der Waals surface area contributed by atoms with Crippen LogP contribution in [0.1, 0.15) is 40.4 Å². The molecule has 27 heavy (non-hydrogen) atoms. The van der Waals surface area contributed by atoms with Crippen molar-refractivity contribution in [1.29, 1.82) is 0 Å². The van der Waals surface area contributed by atoms with Gasteiger partial charge in [0.2, 0.25) is 0 Å². The van der Waals surface area contributed by atoms with Gasteiger partial charge in [0, 0.05) is 18.2 Å². The zero-order valence-electron chi connectivity index (χ0n) is 15.4. The summed E-state index contributed by atoms with van der Waals surface area (Å²) in [7, 11) is 0. The number of aryl methyl sites for hydroxylation is 2. The molecule has 1 fully saturated rings. The van der Waals surface area contributed by atoms with Crippen molar-refractivity contribution in [3.05, 3.63) is 62.9 Å². The fraction of sp³-hybridized carbons (Fsp3) is 0.350. The van der Waals surface area contributed by atoms with Gasteiger partial charge >= 0.3 is 5.69 Å². The minimum Gasteiger partial charge on any atom is -0.350 e. The molecule has 7 heteroatoms. The Hall–Kier alpha value is -2.67. The topological polar surface area (TPSA) is 68.9 Å². The molecule has 1 aliphatic rings. The lowest BCUT2D eigenvalue weighted by molar-refractivity contribution is 0.0951. The van der Waals surface area contributed by atoms with E-state index in [-0.39, 0.29) is 17.6 Å². The molecule has 1 saturated carbocycles. The maximum absolute atomic E-state index is 12.7. The lowest BCUT2D eigenvalue weighted by Crippen LogP contribution is -2.32. The number of aromatic nitrogens is 3. The predicted molar refractivity (Wildman–Crippen MR) is 106 cm³/mol. The van der Waals surface area contributed by atoms with E-state index in [1.807, 2.05) is 49.6 Å². The maximum atomic E-state index is 12.7. The Bertz CT molecular complexity index is 1030. The first-order valence-electron chi connectivity index (χ1n) is 9.13. The number of carbonyl (C=O) groups is 1. The summed E-state index contributed by atoms with van der Waals surface area (Å²) in [6.45, 7) is 4.72. The van der Waals surface area contributed by atoms with Gasteiger partial charge in [-0.05, 0) is 61.4 Å². The summed E-state index contributed by atoms with van der Waals surface area (Å²) in [5, 5.41) is 9.41. The lowest BCUT2D eigenvalue weighted by Gasteiger charge is -2.07. The summed E-state index contributed by atoms with van der Waals surface area (Å²) >= 11 is 1.58. The highest BCUT2D eigenvalue weighted by molar-refractivity contribution is 7.13. The molecule has 3 aromatic rings. The standard InChI is InChI=1S/C20H22N4O2S/c1-13-5-6-15(12-14(13)2)19(25)21-9-10-23-20(26)24(16-7-8-16)18(22-23)17-4-3-11-27-17/h3-6,11-12,16H,7-10H2,1-2H3,(H,21,25). The summed E-state index contributed by atoms with van der Waals surface area (Å²) in [4.78, 5) is 26.1. The van der Waals surface area contributed by atoms with Crippen LogP contribution in [-0.4, -0.2) is 26.8 Å². The molecule has 0 unspecified atom stereocenters. The van der Waals surface area contributed by atoms with Gasteiger partial charge in [0.25, 0.3) is 5.91 Å². The predicted octanol–water partition coefficient (Wildman–Crippen LogP) is 3.16. The van der Waals surface area contributed by atoms with Crippen LogP contribution in [-0.2, 0) is 6.54 Å². The quantitative estimate of drug-likeness (QED) is 0.712. The average Bonchev–Trinajstić information content (AvgIpc) is 3.22. The van der Waals surface area contributed by atoms with Crippen LogP contribution in [0.15, 0.2) is 40.5 Å². The molecule has 1 amide bonds. The van der Waals surface area contributed by atoms with Gasteiger partial charge in [0.05, 0.1) is 11.4 Å². The van der Waals surface area contributed by atoms with Crippen molar-refractivity contribution < 1.29 is 4.79 Å². The van der Waals surface area contributed by atoms with E-state index in [0.717, 1.165) is 34.7 Å². The van der Waals surface area contributed by atoms with Crippen LogP contribution in [0.2, 0.25) is 0 Å². The highest BCUT2D eigenvalue weighted by Gasteiger charge is 2.30. The Labute approximate surface area is 161 Å². The van der Waals surface area contributed by atoms with Gasteiger partial charge in [-0.1, -0.05) is 12.1 Å². The first-order valence-corrected chi connectivity index (χ1v) is 10.0. The minimum absolute atomic E-state index is 0.0960. The maximum Gasteiger partial charge on any atom is 0.346 e. The number of nitrogens with one attached hydrogen (secondary N) is 1. The van der Waals surface area contributed by atoms with Crippen molar-refractivity contribution in [3.8, 4) is 10.7 Å². The van der Waals surface area contributed by atoms with Crippen molar-refractivity contribution in [2.75, 3.05) is 6.54 Å². The van der Waals surface area contributed by atoms with Gasteiger partial charge in [-0.15, -0.1) is 16.4 Å². The Balaban J connectivity index is 1.47. The number of nitrogens with zero attached hydrogens (tertiary/aromatic N) is 3. The van der Waals surface area contributed by atoms with Crippen LogP contribution in [0.3, 0.4) is 0 Å². The van der Waals surface area contributed by atoms with Crippen molar-refractivity contribution in [2.45, 2.75) is 39.3 Å². The summed E-state index contributed by atoms with van der Waals surface area (Å²) in [6.07, 6.45) is 2.04. The largest absolute Gasteiger partial charge is 0.350 e. The zero-order chi connectivity index (χ0) is 19.0. The van der Waals surface area contributed by atoms with E-state index in [2.05, 4.69) is 10.4 Å². The van der Waals surface area contributed by atoms with Crippen LogP contribution in [0.5, 0.6) is 0 Å². The van der Waals surface area contributed by atoms with E-state index in [1.165, 1.54) is 4.68 Å². The average molecular weight is 382 g/mol. The smallest absolute Gasteiger partial charge is 0.346 e. The van der Waals surface area contributed by atoms with Crippen molar-refractivity contribution in [1.82, 2.24) is 19.7 Å². The van der Waals surface area contributed by atoms with Crippen LogP contribution >= 0.6 is 11.3 Å². The van der Waals surface area contributed by atoms with Gasteiger partial charge < -0.3 is 5.32 Å². The van der Waals surface area contributed by atoms with Gasteiger partial charge in [-0.2, -0.15) is 0 Å². The van der Waals surface area contributed by atoms with E-state index in [0.29, 0.717) is 18.7 Å². The molecule has 2 heterocycles. The molecule has 1 aromatic carbocycles. The Morgan fingerprint density at radius 1 is 1.26 bits per heavy atom. The first kappa shape index (κ1) is 17.7. The molecule has 0 saturated heterocycles. The highest BCUT2D eigenvalue weighted by atomic mass is 32.1. The number of carbonyl (C=O) groups excluding carboxylic acids is 1. The van der Waals surface area contributed by atoms with Crippen LogP contribution in [0, 0.1) is 13.8 Å². The van der Waals surface area contributed by atoms with E-state index >= 15 is 0 Å². The zero-order valence-corrected chi connectivity index (χ0v) is 16.3. The van der Waals surface area contributed by atoms with Crippen molar-refractivity contribution >= 4 is 17.2 Å². The fourth-order valence-corrected chi connectivity index (χ4v) is 3.77. The first-order chi connectivity index (χ1) is 13.0. The molecule has 140 valence electrons. The molecule has 6 nitrogen and oxygen atoms in total. The Kier molecular flexibility index (Phi) is 4.70.